The lowest BCUT2D eigenvalue weighted by molar-refractivity contribution is 0.0785. The number of aryl methyl sites for hydroxylation is 1. The van der Waals surface area contributed by atoms with Gasteiger partial charge in [-0.3, -0.25) is 14.8 Å². The predicted octanol–water partition coefficient (Wildman–Crippen LogP) is 2.54. The van der Waals surface area contributed by atoms with Crippen LogP contribution in [0.1, 0.15) is 28.3 Å². The molecule has 0 N–H and O–H groups in total. The highest BCUT2D eigenvalue weighted by molar-refractivity contribution is 5.95. The van der Waals surface area contributed by atoms with Crippen molar-refractivity contribution in [3.63, 3.8) is 0 Å². The van der Waals surface area contributed by atoms with Gasteiger partial charge in [0, 0.05) is 49.4 Å². The van der Waals surface area contributed by atoms with Gasteiger partial charge in [0.15, 0.2) is 5.82 Å². The quantitative estimate of drug-likeness (QED) is 0.719. The zero-order valence-electron chi connectivity index (χ0n) is 14.5. The Morgan fingerprint density at radius 2 is 2.12 bits per heavy atom. The van der Waals surface area contributed by atoms with Gasteiger partial charge in [0.25, 0.3) is 11.8 Å². The lowest BCUT2D eigenvalue weighted by atomic mass is 10.0. The Hall–Kier alpha value is -3.09. The van der Waals surface area contributed by atoms with Crippen molar-refractivity contribution >= 4 is 5.91 Å². The summed E-state index contributed by atoms with van der Waals surface area (Å²) in [7, 11) is 0. The van der Waals surface area contributed by atoms with E-state index in [-0.39, 0.29) is 5.91 Å². The van der Waals surface area contributed by atoms with Crippen molar-refractivity contribution < 1.29 is 9.32 Å². The van der Waals surface area contributed by atoms with Gasteiger partial charge in [0.05, 0.1) is 5.56 Å². The summed E-state index contributed by atoms with van der Waals surface area (Å²) in [4.78, 5) is 27.2. The molecule has 0 saturated carbocycles. The standard InChI is InChI=1S/C19H19N5O2/c1-13-16(3-2-7-21-13)19(25)24-10-6-14(12-24)11-17-22-18(26-23-17)15-4-8-20-9-5-15/h2-5,7-9,14H,6,10-12H2,1H3. The maximum absolute atomic E-state index is 12.7. The number of likely N-dealkylation sites (tertiary alicyclic amines) is 1. The molecule has 0 spiro atoms. The van der Waals surface area contributed by atoms with Crippen molar-refractivity contribution in [2.75, 3.05) is 13.1 Å². The van der Waals surface area contributed by atoms with Crippen LogP contribution < -0.4 is 0 Å². The number of pyridine rings is 2. The average Bonchev–Trinajstić information content (AvgIpc) is 3.32. The Kier molecular flexibility index (Phi) is 4.43. The zero-order valence-corrected chi connectivity index (χ0v) is 14.5. The molecule has 1 unspecified atom stereocenters. The molecule has 1 saturated heterocycles. The average molecular weight is 349 g/mol. The maximum atomic E-state index is 12.7. The van der Waals surface area contributed by atoms with Crippen LogP contribution in [0.15, 0.2) is 47.4 Å². The van der Waals surface area contributed by atoms with Crippen molar-refractivity contribution in [1.82, 2.24) is 25.0 Å². The first kappa shape index (κ1) is 16.4. The molecule has 4 rings (SSSR count). The first-order valence-corrected chi connectivity index (χ1v) is 8.64. The van der Waals surface area contributed by atoms with Crippen LogP contribution in [0.4, 0.5) is 0 Å². The van der Waals surface area contributed by atoms with Crippen LogP contribution in [0, 0.1) is 12.8 Å². The van der Waals surface area contributed by atoms with Crippen LogP contribution in [-0.4, -0.2) is 44.0 Å². The normalized spacial score (nSPS) is 16.8. The van der Waals surface area contributed by atoms with Crippen molar-refractivity contribution in [2.24, 2.45) is 5.92 Å². The highest BCUT2D eigenvalue weighted by Crippen LogP contribution is 2.23. The van der Waals surface area contributed by atoms with Crippen LogP contribution in [-0.2, 0) is 6.42 Å². The summed E-state index contributed by atoms with van der Waals surface area (Å²) in [5, 5.41) is 4.08. The highest BCUT2D eigenvalue weighted by Gasteiger charge is 2.29. The summed E-state index contributed by atoms with van der Waals surface area (Å²) in [5.74, 6) is 1.55. The van der Waals surface area contributed by atoms with Crippen molar-refractivity contribution in [3.05, 3.63) is 59.9 Å². The highest BCUT2D eigenvalue weighted by atomic mass is 16.5. The van der Waals surface area contributed by atoms with E-state index in [4.69, 9.17) is 4.52 Å². The van der Waals surface area contributed by atoms with Gasteiger partial charge in [0.1, 0.15) is 0 Å². The van der Waals surface area contributed by atoms with Gasteiger partial charge in [-0.1, -0.05) is 5.16 Å². The van der Waals surface area contributed by atoms with Gasteiger partial charge in [-0.25, -0.2) is 0 Å². The number of hydrogen-bond donors (Lipinski definition) is 0. The Labute approximate surface area is 151 Å². The molecule has 4 heterocycles. The van der Waals surface area contributed by atoms with Gasteiger partial charge >= 0.3 is 0 Å². The molecule has 0 bridgehead atoms. The molecule has 7 nitrogen and oxygen atoms in total. The number of hydrogen-bond acceptors (Lipinski definition) is 6. The summed E-state index contributed by atoms with van der Waals surface area (Å²) in [6.45, 7) is 3.31. The predicted molar refractivity (Wildman–Crippen MR) is 94.2 cm³/mol. The number of amides is 1. The molecule has 3 aromatic rings. The smallest absolute Gasteiger partial charge is 0.258 e. The second-order valence-corrected chi connectivity index (χ2v) is 6.50. The summed E-state index contributed by atoms with van der Waals surface area (Å²) in [5.41, 5.74) is 2.29. The number of rotatable bonds is 4. The number of nitrogens with zero attached hydrogens (tertiary/aromatic N) is 5. The van der Waals surface area contributed by atoms with E-state index in [9.17, 15) is 4.79 Å². The van der Waals surface area contributed by atoms with Crippen LogP contribution in [0.5, 0.6) is 0 Å². The van der Waals surface area contributed by atoms with Gasteiger partial charge in [-0.05, 0) is 43.5 Å². The summed E-state index contributed by atoms with van der Waals surface area (Å²) < 4.78 is 5.34. The summed E-state index contributed by atoms with van der Waals surface area (Å²) in [6.07, 6.45) is 6.73. The molecular formula is C19H19N5O2. The third-order valence-electron chi connectivity index (χ3n) is 4.68. The van der Waals surface area contributed by atoms with Crippen LogP contribution in [0.25, 0.3) is 11.5 Å². The van der Waals surface area contributed by atoms with Gasteiger partial charge in [-0.2, -0.15) is 4.98 Å². The fourth-order valence-electron chi connectivity index (χ4n) is 3.27. The minimum atomic E-state index is 0.0451. The molecule has 1 aliphatic rings. The van der Waals surface area contributed by atoms with Crippen molar-refractivity contribution in [2.45, 2.75) is 19.8 Å². The molecule has 1 aliphatic heterocycles. The van der Waals surface area contributed by atoms with E-state index >= 15 is 0 Å². The molecule has 0 radical (unpaired) electrons. The van der Waals surface area contributed by atoms with Gasteiger partial charge in [-0.15, -0.1) is 0 Å². The Morgan fingerprint density at radius 3 is 2.92 bits per heavy atom. The van der Waals surface area contributed by atoms with E-state index in [1.165, 1.54) is 0 Å². The van der Waals surface area contributed by atoms with Crippen molar-refractivity contribution in [3.8, 4) is 11.5 Å². The summed E-state index contributed by atoms with van der Waals surface area (Å²) >= 11 is 0. The fourth-order valence-corrected chi connectivity index (χ4v) is 3.27. The molecular weight excluding hydrogens is 330 g/mol. The Balaban J connectivity index is 1.40. The molecule has 7 heteroatoms. The lowest BCUT2D eigenvalue weighted by Crippen LogP contribution is -2.29. The number of carbonyl (C=O) groups is 1. The second kappa shape index (κ2) is 7.03. The van der Waals surface area contributed by atoms with E-state index in [1.807, 2.05) is 30.0 Å². The van der Waals surface area contributed by atoms with Crippen LogP contribution >= 0.6 is 0 Å². The third-order valence-corrected chi connectivity index (χ3v) is 4.68. The van der Waals surface area contributed by atoms with Crippen molar-refractivity contribution in [1.29, 1.82) is 0 Å². The van der Waals surface area contributed by atoms with E-state index < -0.39 is 0 Å². The third kappa shape index (κ3) is 3.33. The topological polar surface area (TPSA) is 85.0 Å². The molecule has 3 aromatic heterocycles. The maximum Gasteiger partial charge on any atom is 0.258 e. The Morgan fingerprint density at radius 1 is 1.27 bits per heavy atom. The molecule has 26 heavy (non-hydrogen) atoms. The summed E-state index contributed by atoms with van der Waals surface area (Å²) in [6, 6.07) is 7.30. The first-order chi connectivity index (χ1) is 12.7. The van der Waals surface area contributed by atoms with Gasteiger partial charge < -0.3 is 9.42 Å². The molecule has 0 aromatic carbocycles. The molecule has 132 valence electrons. The molecule has 1 atom stereocenters. The Bertz CT molecular complexity index is 909. The van der Waals surface area contributed by atoms with E-state index in [1.54, 1.807) is 24.7 Å². The van der Waals surface area contributed by atoms with Gasteiger partial charge in [0.2, 0.25) is 0 Å². The monoisotopic (exact) mass is 349 g/mol. The zero-order chi connectivity index (χ0) is 17.9. The minimum Gasteiger partial charge on any atom is -0.338 e. The lowest BCUT2D eigenvalue weighted by Gasteiger charge is -2.17. The number of aromatic nitrogens is 4. The second-order valence-electron chi connectivity index (χ2n) is 6.50. The SMILES string of the molecule is Cc1ncccc1C(=O)N1CCC(Cc2noc(-c3ccncc3)n2)C1. The van der Waals surface area contributed by atoms with E-state index in [0.717, 1.165) is 24.2 Å². The largest absolute Gasteiger partial charge is 0.338 e. The minimum absolute atomic E-state index is 0.0451. The molecule has 1 fully saturated rings. The van der Waals surface area contributed by atoms with E-state index in [0.29, 0.717) is 36.2 Å². The molecule has 0 aliphatic carbocycles. The first-order valence-electron chi connectivity index (χ1n) is 8.64. The fraction of sp³-hybridized carbons (Fsp3) is 0.316. The van der Waals surface area contributed by atoms with E-state index in [2.05, 4.69) is 20.1 Å². The number of carbonyl (C=O) groups excluding carboxylic acids is 1. The molecule has 1 amide bonds. The van der Waals surface area contributed by atoms with Crippen LogP contribution in [0.2, 0.25) is 0 Å². The van der Waals surface area contributed by atoms with Crippen LogP contribution in [0.3, 0.4) is 0 Å².